The quantitative estimate of drug-likeness (QED) is 0.797. The molecule has 0 bridgehead atoms. The Labute approximate surface area is 133 Å². The molecule has 120 valence electrons. The normalized spacial score (nSPS) is 21.1. The number of rotatable bonds is 4. The van der Waals surface area contributed by atoms with Crippen LogP contribution in [-0.4, -0.2) is 32.8 Å². The van der Waals surface area contributed by atoms with Gasteiger partial charge < -0.3 is 19.1 Å². The van der Waals surface area contributed by atoms with Crippen molar-refractivity contribution in [2.75, 3.05) is 18.5 Å². The smallest absolute Gasteiger partial charge is 0.256 e. The summed E-state index contributed by atoms with van der Waals surface area (Å²) in [4.78, 5) is 8.93. The van der Waals surface area contributed by atoms with Crippen molar-refractivity contribution < 1.29 is 9.26 Å². The highest BCUT2D eigenvalue weighted by atomic mass is 16.5. The van der Waals surface area contributed by atoms with Crippen LogP contribution in [0.3, 0.4) is 0 Å². The molecule has 1 aliphatic rings. The molecule has 4 rings (SSSR count). The lowest BCUT2D eigenvalue weighted by atomic mass is 10.0. The van der Waals surface area contributed by atoms with E-state index in [1.165, 1.54) is 0 Å². The molecule has 23 heavy (non-hydrogen) atoms. The van der Waals surface area contributed by atoms with Crippen molar-refractivity contribution in [2.24, 2.45) is 13.0 Å². The van der Waals surface area contributed by atoms with Gasteiger partial charge in [0.05, 0.1) is 11.0 Å². The van der Waals surface area contributed by atoms with E-state index in [1.807, 2.05) is 32.2 Å². The minimum atomic E-state index is -0.140. The molecule has 0 spiro atoms. The predicted molar refractivity (Wildman–Crippen MR) is 85.0 cm³/mol. The molecular weight excluding hydrogens is 294 g/mol. The van der Waals surface area contributed by atoms with Crippen molar-refractivity contribution in [3.05, 3.63) is 36.0 Å². The van der Waals surface area contributed by atoms with E-state index < -0.39 is 0 Å². The highest BCUT2D eigenvalue weighted by molar-refractivity contribution is 5.78. The SMILES string of the molecule is Cc1noc([C@H]2OCC[C@H]2CNc2nc3ccccc3n2C)n1. The molecule has 2 aromatic heterocycles. The second-order valence-electron chi connectivity index (χ2n) is 5.88. The Morgan fingerprint density at radius 3 is 2.96 bits per heavy atom. The molecule has 0 radical (unpaired) electrons. The van der Waals surface area contributed by atoms with E-state index in [9.17, 15) is 0 Å². The van der Waals surface area contributed by atoms with Crippen LogP contribution < -0.4 is 5.32 Å². The van der Waals surface area contributed by atoms with Crippen LogP contribution in [0.1, 0.15) is 24.2 Å². The molecular formula is C16H19N5O2. The molecule has 1 aromatic carbocycles. The molecule has 7 nitrogen and oxygen atoms in total. The Balaban J connectivity index is 1.50. The number of nitrogens with zero attached hydrogens (tertiary/aromatic N) is 4. The summed E-state index contributed by atoms with van der Waals surface area (Å²) in [5.41, 5.74) is 2.10. The van der Waals surface area contributed by atoms with Crippen molar-refractivity contribution in [2.45, 2.75) is 19.4 Å². The lowest BCUT2D eigenvalue weighted by molar-refractivity contribution is 0.0649. The number of nitrogens with one attached hydrogen (secondary N) is 1. The number of anilines is 1. The first-order valence-corrected chi connectivity index (χ1v) is 7.79. The second kappa shape index (κ2) is 5.66. The van der Waals surface area contributed by atoms with E-state index in [4.69, 9.17) is 9.26 Å². The van der Waals surface area contributed by atoms with Crippen molar-refractivity contribution in [1.29, 1.82) is 0 Å². The first-order valence-electron chi connectivity index (χ1n) is 7.79. The fourth-order valence-electron chi connectivity index (χ4n) is 3.07. The zero-order chi connectivity index (χ0) is 15.8. The summed E-state index contributed by atoms with van der Waals surface area (Å²) in [6, 6.07) is 8.10. The summed E-state index contributed by atoms with van der Waals surface area (Å²) in [5.74, 6) is 2.35. The van der Waals surface area contributed by atoms with Crippen molar-refractivity contribution in [3.63, 3.8) is 0 Å². The molecule has 0 unspecified atom stereocenters. The maximum Gasteiger partial charge on any atom is 0.256 e. The highest BCUT2D eigenvalue weighted by Gasteiger charge is 2.34. The summed E-state index contributed by atoms with van der Waals surface area (Å²) in [7, 11) is 2.02. The number of fused-ring (bicyclic) bond motifs is 1. The molecule has 0 aliphatic carbocycles. The number of para-hydroxylation sites is 2. The van der Waals surface area contributed by atoms with Crippen LogP contribution in [-0.2, 0) is 11.8 Å². The number of aromatic nitrogens is 4. The summed E-state index contributed by atoms with van der Waals surface area (Å²) < 4.78 is 13.1. The summed E-state index contributed by atoms with van der Waals surface area (Å²) in [6.07, 6.45) is 0.821. The minimum absolute atomic E-state index is 0.140. The largest absolute Gasteiger partial charge is 0.368 e. The molecule has 7 heteroatoms. The van der Waals surface area contributed by atoms with Crippen LogP contribution in [0, 0.1) is 12.8 Å². The van der Waals surface area contributed by atoms with E-state index in [-0.39, 0.29) is 12.0 Å². The average molecular weight is 313 g/mol. The van der Waals surface area contributed by atoms with Crippen LogP contribution in [0.5, 0.6) is 0 Å². The van der Waals surface area contributed by atoms with Gasteiger partial charge in [-0.05, 0) is 25.5 Å². The van der Waals surface area contributed by atoms with Crippen LogP contribution in [0.2, 0.25) is 0 Å². The Morgan fingerprint density at radius 2 is 2.17 bits per heavy atom. The Kier molecular flexibility index (Phi) is 3.49. The van der Waals surface area contributed by atoms with Gasteiger partial charge in [0, 0.05) is 26.1 Å². The van der Waals surface area contributed by atoms with Gasteiger partial charge in [-0.3, -0.25) is 0 Å². The number of hydrogen-bond acceptors (Lipinski definition) is 6. The Morgan fingerprint density at radius 1 is 1.30 bits per heavy atom. The van der Waals surface area contributed by atoms with Gasteiger partial charge in [0.15, 0.2) is 5.82 Å². The van der Waals surface area contributed by atoms with Crippen LogP contribution in [0.15, 0.2) is 28.8 Å². The zero-order valence-corrected chi connectivity index (χ0v) is 13.2. The van der Waals surface area contributed by atoms with Gasteiger partial charge in [-0.2, -0.15) is 4.98 Å². The topological polar surface area (TPSA) is 78.0 Å². The van der Waals surface area contributed by atoms with Gasteiger partial charge in [0.25, 0.3) is 5.89 Å². The maximum atomic E-state index is 5.78. The molecule has 0 amide bonds. The van der Waals surface area contributed by atoms with Crippen molar-refractivity contribution in [3.8, 4) is 0 Å². The van der Waals surface area contributed by atoms with Gasteiger partial charge >= 0.3 is 0 Å². The van der Waals surface area contributed by atoms with E-state index in [1.54, 1.807) is 0 Å². The summed E-state index contributed by atoms with van der Waals surface area (Å²) in [6.45, 7) is 3.28. The lowest BCUT2D eigenvalue weighted by Crippen LogP contribution is -2.19. The molecule has 2 atom stereocenters. The number of aryl methyl sites for hydroxylation is 2. The van der Waals surface area contributed by atoms with Crippen LogP contribution in [0.4, 0.5) is 5.95 Å². The molecule has 3 heterocycles. The number of hydrogen-bond donors (Lipinski definition) is 1. The van der Waals surface area contributed by atoms with Gasteiger partial charge in [-0.15, -0.1) is 0 Å². The molecule has 1 saturated heterocycles. The monoisotopic (exact) mass is 313 g/mol. The van der Waals surface area contributed by atoms with Crippen LogP contribution >= 0.6 is 0 Å². The third-order valence-electron chi connectivity index (χ3n) is 4.31. The standard InChI is InChI=1S/C16H19N5O2/c1-10-18-15(23-20-10)14-11(7-8-22-14)9-17-16-19-12-5-3-4-6-13(12)21(16)2/h3-6,11,14H,7-9H2,1-2H3,(H,17,19)/t11-,14-/m0/s1. The third-order valence-corrected chi connectivity index (χ3v) is 4.31. The summed E-state index contributed by atoms with van der Waals surface area (Å²) >= 11 is 0. The number of imidazole rings is 1. The van der Waals surface area contributed by atoms with Gasteiger partial charge in [0.2, 0.25) is 5.95 Å². The molecule has 1 N–H and O–H groups in total. The predicted octanol–water partition coefficient (Wildman–Crippen LogP) is 2.45. The molecule has 0 saturated carbocycles. The molecule has 1 aliphatic heterocycles. The lowest BCUT2D eigenvalue weighted by Gasteiger charge is -2.16. The molecule has 1 fully saturated rings. The fraction of sp³-hybridized carbons (Fsp3) is 0.438. The van der Waals surface area contributed by atoms with E-state index >= 15 is 0 Å². The Hall–Kier alpha value is -2.41. The van der Waals surface area contributed by atoms with E-state index in [0.717, 1.165) is 29.9 Å². The highest BCUT2D eigenvalue weighted by Crippen LogP contribution is 2.33. The maximum absolute atomic E-state index is 5.78. The second-order valence-corrected chi connectivity index (χ2v) is 5.88. The number of ether oxygens (including phenoxy) is 1. The Bertz CT molecular complexity index is 825. The third kappa shape index (κ3) is 2.57. The summed E-state index contributed by atoms with van der Waals surface area (Å²) in [5, 5.41) is 7.29. The first kappa shape index (κ1) is 14.2. The fourth-order valence-corrected chi connectivity index (χ4v) is 3.07. The van der Waals surface area contributed by atoms with Crippen molar-refractivity contribution >= 4 is 17.0 Å². The van der Waals surface area contributed by atoms with Gasteiger partial charge in [-0.25, -0.2) is 4.98 Å². The average Bonchev–Trinajstić information content (AvgIpc) is 3.25. The van der Waals surface area contributed by atoms with E-state index in [2.05, 4.69) is 31.1 Å². The van der Waals surface area contributed by atoms with Crippen LogP contribution in [0.25, 0.3) is 11.0 Å². The number of benzene rings is 1. The molecule has 3 aromatic rings. The zero-order valence-electron chi connectivity index (χ0n) is 13.2. The van der Waals surface area contributed by atoms with Gasteiger partial charge in [-0.1, -0.05) is 17.3 Å². The van der Waals surface area contributed by atoms with E-state index in [0.29, 0.717) is 18.3 Å². The first-order chi connectivity index (χ1) is 11.2. The minimum Gasteiger partial charge on any atom is -0.368 e. The van der Waals surface area contributed by atoms with Crippen molar-refractivity contribution in [1.82, 2.24) is 19.7 Å². The van der Waals surface area contributed by atoms with Gasteiger partial charge in [0.1, 0.15) is 6.10 Å².